The molecular formula is C19H20N2O5. The summed E-state index contributed by atoms with van der Waals surface area (Å²) in [5.74, 6) is -0.127. The number of benzene rings is 2. The fourth-order valence-corrected chi connectivity index (χ4v) is 2.21. The van der Waals surface area contributed by atoms with Crippen molar-refractivity contribution in [3.8, 4) is 5.75 Å². The molecule has 26 heavy (non-hydrogen) atoms. The molecule has 0 saturated heterocycles. The quantitative estimate of drug-likeness (QED) is 0.629. The molecule has 2 aromatic carbocycles. The fourth-order valence-electron chi connectivity index (χ4n) is 2.21. The van der Waals surface area contributed by atoms with E-state index in [2.05, 4.69) is 10.6 Å². The van der Waals surface area contributed by atoms with Crippen LogP contribution in [0, 0.1) is 6.92 Å². The number of aryl methyl sites for hydroxylation is 1. The van der Waals surface area contributed by atoms with Crippen molar-refractivity contribution in [3.05, 3.63) is 65.2 Å². The number of rotatable bonds is 8. The van der Waals surface area contributed by atoms with Crippen LogP contribution >= 0.6 is 0 Å². The first-order chi connectivity index (χ1) is 12.5. The lowest BCUT2D eigenvalue weighted by molar-refractivity contribution is -0.123. The summed E-state index contributed by atoms with van der Waals surface area (Å²) < 4.78 is 5.45. The monoisotopic (exact) mass is 356 g/mol. The lowest BCUT2D eigenvalue weighted by atomic mass is 10.1. The van der Waals surface area contributed by atoms with E-state index in [0.29, 0.717) is 17.6 Å². The summed E-state index contributed by atoms with van der Waals surface area (Å²) in [6.07, 6.45) is -0.653. The van der Waals surface area contributed by atoms with Gasteiger partial charge in [-0.1, -0.05) is 42.0 Å². The molecule has 0 aliphatic rings. The van der Waals surface area contributed by atoms with Crippen LogP contribution in [0.3, 0.4) is 0 Å². The third-order valence-corrected chi connectivity index (χ3v) is 3.61. The standard InChI is InChI=1S/C19H20N2O5/c1-13-5-7-14(8-6-13)10-20-18(23)17(21-19(24)25)12-26-16-4-2-3-15(9-16)11-22/h2-9,11,17,21H,10,12H2,1H3,(H,20,23)(H,24,25)/t17-/m0/s1. The van der Waals surface area contributed by atoms with Crippen molar-refractivity contribution in [1.82, 2.24) is 10.6 Å². The molecule has 0 spiro atoms. The SMILES string of the molecule is Cc1ccc(CNC(=O)[C@H](COc2cccc(C=O)c2)NC(=O)O)cc1. The summed E-state index contributed by atoms with van der Waals surface area (Å²) >= 11 is 0. The van der Waals surface area contributed by atoms with Gasteiger partial charge in [0.1, 0.15) is 24.7 Å². The minimum absolute atomic E-state index is 0.200. The van der Waals surface area contributed by atoms with E-state index in [1.807, 2.05) is 31.2 Å². The number of carbonyl (C=O) groups is 3. The Morgan fingerprint density at radius 3 is 2.58 bits per heavy atom. The molecule has 0 radical (unpaired) electrons. The van der Waals surface area contributed by atoms with Gasteiger partial charge >= 0.3 is 6.09 Å². The number of aldehydes is 1. The van der Waals surface area contributed by atoms with E-state index in [-0.39, 0.29) is 13.2 Å². The average molecular weight is 356 g/mol. The van der Waals surface area contributed by atoms with E-state index in [1.54, 1.807) is 18.2 Å². The normalized spacial score (nSPS) is 11.3. The van der Waals surface area contributed by atoms with E-state index in [9.17, 15) is 14.4 Å². The van der Waals surface area contributed by atoms with Crippen LogP contribution in [0.4, 0.5) is 4.79 Å². The minimum atomic E-state index is -1.33. The van der Waals surface area contributed by atoms with Crippen molar-refractivity contribution in [1.29, 1.82) is 0 Å². The van der Waals surface area contributed by atoms with Crippen LogP contribution in [-0.4, -0.2) is 36.0 Å². The molecule has 136 valence electrons. The van der Waals surface area contributed by atoms with Gasteiger partial charge in [0.05, 0.1) is 0 Å². The molecule has 7 heteroatoms. The second kappa shape index (κ2) is 9.22. The second-order valence-corrected chi connectivity index (χ2v) is 5.71. The number of hydrogen-bond acceptors (Lipinski definition) is 4. The molecule has 0 fully saturated rings. The van der Waals surface area contributed by atoms with E-state index in [0.717, 1.165) is 11.1 Å². The molecule has 0 unspecified atom stereocenters. The Morgan fingerprint density at radius 1 is 1.19 bits per heavy atom. The zero-order valence-electron chi connectivity index (χ0n) is 14.3. The van der Waals surface area contributed by atoms with Gasteiger partial charge in [0.2, 0.25) is 5.91 Å². The number of carboxylic acid groups (broad SMARTS) is 1. The predicted octanol–water partition coefficient (Wildman–Crippen LogP) is 2.14. The van der Waals surface area contributed by atoms with Gasteiger partial charge in [-0.25, -0.2) is 4.79 Å². The third-order valence-electron chi connectivity index (χ3n) is 3.61. The Balaban J connectivity index is 1.96. The molecule has 0 aliphatic heterocycles. The Kier molecular flexibility index (Phi) is 6.73. The van der Waals surface area contributed by atoms with Gasteiger partial charge in [0, 0.05) is 12.1 Å². The summed E-state index contributed by atoms with van der Waals surface area (Å²) in [5, 5.41) is 13.8. The number of carbonyl (C=O) groups excluding carboxylic acids is 2. The Morgan fingerprint density at radius 2 is 1.92 bits per heavy atom. The van der Waals surface area contributed by atoms with Crippen molar-refractivity contribution in [2.75, 3.05) is 6.61 Å². The van der Waals surface area contributed by atoms with E-state index >= 15 is 0 Å². The highest BCUT2D eigenvalue weighted by Crippen LogP contribution is 2.12. The van der Waals surface area contributed by atoms with E-state index < -0.39 is 18.0 Å². The molecule has 7 nitrogen and oxygen atoms in total. The van der Waals surface area contributed by atoms with E-state index in [1.165, 1.54) is 6.07 Å². The summed E-state index contributed by atoms with van der Waals surface area (Å²) in [4.78, 5) is 34.0. The third kappa shape index (κ3) is 5.94. The van der Waals surface area contributed by atoms with Crippen LogP contribution in [0.25, 0.3) is 0 Å². The van der Waals surface area contributed by atoms with Crippen LogP contribution in [0.15, 0.2) is 48.5 Å². The lowest BCUT2D eigenvalue weighted by Crippen LogP contribution is -2.49. The topological polar surface area (TPSA) is 105 Å². The highest BCUT2D eigenvalue weighted by molar-refractivity contribution is 5.85. The smallest absolute Gasteiger partial charge is 0.405 e. The van der Waals surface area contributed by atoms with Gasteiger partial charge in [-0.2, -0.15) is 0 Å². The molecule has 0 saturated carbocycles. The zero-order chi connectivity index (χ0) is 18.9. The Hall–Kier alpha value is -3.35. The van der Waals surface area contributed by atoms with Gasteiger partial charge in [-0.05, 0) is 24.6 Å². The molecule has 3 N–H and O–H groups in total. The van der Waals surface area contributed by atoms with Crippen molar-refractivity contribution < 1.29 is 24.2 Å². The van der Waals surface area contributed by atoms with Gasteiger partial charge in [0.15, 0.2) is 0 Å². The maximum Gasteiger partial charge on any atom is 0.405 e. The summed E-state index contributed by atoms with van der Waals surface area (Å²) in [6, 6.07) is 12.9. The first-order valence-corrected chi connectivity index (χ1v) is 7.98. The summed E-state index contributed by atoms with van der Waals surface area (Å²) in [7, 11) is 0. The zero-order valence-corrected chi connectivity index (χ0v) is 14.3. The second-order valence-electron chi connectivity index (χ2n) is 5.71. The molecule has 0 aliphatic carbocycles. The summed E-state index contributed by atoms with van der Waals surface area (Å²) in [6.45, 7) is 2.04. The van der Waals surface area contributed by atoms with Crippen molar-refractivity contribution in [3.63, 3.8) is 0 Å². The number of hydrogen-bond donors (Lipinski definition) is 3. The van der Waals surface area contributed by atoms with E-state index in [4.69, 9.17) is 9.84 Å². The molecule has 0 aromatic heterocycles. The minimum Gasteiger partial charge on any atom is -0.491 e. The number of nitrogens with one attached hydrogen (secondary N) is 2. The summed E-state index contributed by atoms with van der Waals surface area (Å²) in [5.41, 5.74) is 2.43. The van der Waals surface area contributed by atoms with Crippen LogP contribution in [0.5, 0.6) is 5.75 Å². The van der Waals surface area contributed by atoms with Crippen molar-refractivity contribution in [2.24, 2.45) is 0 Å². The predicted molar refractivity (Wildman–Crippen MR) is 95.3 cm³/mol. The van der Waals surface area contributed by atoms with Crippen LogP contribution in [0.2, 0.25) is 0 Å². The van der Waals surface area contributed by atoms with Crippen LogP contribution in [-0.2, 0) is 11.3 Å². The lowest BCUT2D eigenvalue weighted by Gasteiger charge is -2.17. The molecular weight excluding hydrogens is 336 g/mol. The van der Waals surface area contributed by atoms with Crippen molar-refractivity contribution >= 4 is 18.3 Å². The molecule has 2 rings (SSSR count). The first kappa shape index (κ1) is 19.0. The maximum atomic E-state index is 12.3. The molecule has 0 bridgehead atoms. The molecule has 2 amide bonds. The highest BCUT2D eigenvalue weighted by Gasteiger charge is 2.21. The van der Waals surface area contributed by atoms with Gasteiger partial charge in [-0.15, -0.1) is 0 Å². The van der Waals surface area contributed by atoms with Gasteiger partial charge < -0.3 is 20.5 Å². The highest BCUT2D eigenvalue weighted by atomic mass is 16.5. The fraction of sp³-hybridized carbons (Fsp3) is 0.211. The maximum absolute atomic E-state index is 12.3. The first-order valence-electron chi connectivity index (χ1n) is 7.98. The Labute approximate surface area is 151 Å². The van der Waals surface area contributed by atoms with Gasteiger partial charge in [-0.3, -0.25) is 9.59 Å². The van der Waals surface area contributed by atoms with Crippen LogP contribution < -0.4 is 15.4 Å². The number of ether oxygens (including phenoxy) is 1. The Bertz CT molecular complexity index is 774. The number of amides is 2. The van der Waals surface area contributed by atoms with Crippen LogP contribution in [0.1, 0.15) is 21.5 Å². The largest absolute Gasteiger partial charge is 0.491 e. The molecule has 2 aromatic rings. The average Bonchev–Trinajstić information content (AvgIpc) is 2.64. The van der Waals surface area contributed by atoms with Gasteiger partial charge in [0.25, 0.3) is 0 Å². The van der Waals surface area contributed by atoms with Crippen molar-refractivity contribution in [2.45, 2.75) is 19.5 Å². The molecule has 0 heterocycles. The molecule has 1 atom stereocenters.